The summed E-state index contributed by atoms with van der Waals surface area (Å²) in [6, 6.07) is 12.4. The smallest absolute Gasteiger partial charge is 0.180 e. The van der Waals surface area contributed by atoms with Crippen LogP contribution in [0.3, 0.4) is 0 Å². The maximum atomic E-state index is 4.78. The summed E-state index contributed by atoms with van der Waals surface area (Å²) in [5, 5.41) is 8.73. The van der Waals surface area contributed by atoms with Gasteiger partial charge in [0.25, 0.3) is 0 Å². The van der Waals surface area contributed by atoms with Crippen molar-refractivity contribution in [3.63, 3.8) is 0 Å². The number of nitrogens with one attached hydrogen (secondary N) is 2. The third kappa shape index (κ3) is 2.82. The van der Waals surface area contributed by atoms with Gasteiger partial charge in [0.2, 0.25) is 0 Å². The molecule has 0 bridgehead atoms. The number of imidazole rings is 1. The van der Waals surface area contributed by atoms with Gasteiger partial charge in [0, 0.05) is 37.1 Å². The lowest BCUT2D eigenvalue weighted by molar-refractivity contribution is 0.578. The number of fused-ring (bicyclic) bond motifs is 2. The van der Waals surface area contributed by atoms with Crippen molar-refractivity contribution in [3.8, 4) is 22.6 Å². The molecule has 0 spiro atoms. The number of rotatable bonds is 3. The number of hydrogen-bond acceptors (Lipinski definition) is 5. The largest absolute Gasteiger partial charge is 0.370 e. The second-order valence-corrected chi connectivity index (χ2v) is 7.73. The fourth-order valence-corrected chi connectivity index (χ4v) is 4.33. The van der Waals surface area contributed by atoms with Crippen LogP contribution in [0, 0.1) is 0 Å². The Kier molecular flexibility index (Phi) is 3.97. The first-order valence-corrected chi connectivity index (χ1v) is 10.4. The lowest BCUT2D eigenvalue weighted by atomic mass is 10.0. The highest BCUT2D eigenvalue weighted by Gasteiger charge is 2.19. The summed E-state index contributed by atoms with van der Waals surface area (Å²) >= 11 is 0. The monoisotopic (exact) mass is 395 g/mol. The highest BCUT2D eigenvalue weighted by atomic mass is 15.2. The Morgan fingerprint density at radius 1 is 0.867 bits per heavy atom. The summed E-state index contributed by atoms with van der Waals surface area (Å²) < 4.78 is 0. The number of piperidine rings is 1. The first kappa shape index (κ1) is 17.1. The van der Waals surface area contributed by atoms with E-state index in [-0.39, 0.29) is 0 Å². The van der Waals surface area contributed by atoms with Gasteiger partial charge in [-0.15, -0.1) is 0 Å². The molecule has 4 aromatic heterocycles. The fraction of sp³-hybridized carbons (Fsp3) is 0.217. The molecule has 5 aromatic rings. The van der Waals surface area contributed by atoms with Crippen LogP contribution in [0.15, 0.2) is 55.0 Å². The summed E-state index contributed by atoms with van der Waals surface area (Å²) in [4.78, 5) is 19.3. The van der Waals surface area contributed by atoms with Gasteiger partial charge in [-0.25, -0.2) is 9.97 Å². The number of hydrogen-bond donors (Lipinski definition) is 2. The number of aromatic amines is 2. The van der Waals surface area contributed by atoms with Gasteiger partial charge < -0.3 is 9.88 Å². The Hall–Kier alpha value is -3.74. The molecule has 30 heavy (non-hydrogen) atoms. The van der Waals surface area contributed by atoms with Crippen molar-refractivity contribution in [1.82, 2.24) is 30.1 Å². The van der Waals surface area contributed by atoms with Gasteiger partial charge in [-0.3, -0.25) is 10.1 Å². The van der Waals surface area contributed by atoms with Gasteiger partial charge in [0.15, 0.2) is 11.5 Å². The molecule has 5 heterocycles. The lowest BCUT2D eigenvalue weighted by Gasteiger charge is -2.28. The molecule has 0 aliphatic carbocycles. The van der Waals surface area contributed by atoms with E-state index < -0.39 is 0 Å². The third-order valence-electron chi connectivity index (χ3n) is 5.87. The molecular formula is C23H21N7. The van der Waals surface area contributed by atoms with Crippen LogP contribution in [0.2, 0.25) is 0 Å². The summed E-state index contributed by atoms with van der Waals surface area (Å²) in [7, 11) is 0. The Morgan fingerprint density at radius 3 is 2.60 bits per heavy atom. The standard InChI is InChI=1S/C23H21N7/c1-2-12-30(13-3-1)19-8-11-25-22-21(19)26-23(27-22)20-17-14-16(4-5-18(17)28-29-20)15-6-9-24-10-7-15/h4-11,14H,1-3,12-13H2,(H,28,29)(H,25,26,27). The zero-order chi connectivity index (χ0) is 19.9. The number of nitrogens with zero attached hydrogens (tertiary/aromatic N) is 5. The molecule has 0 saturated carbocycles. The molecule has 1 fully saturated rings. The molecule has 7 heteroatoms. The molecule has 6 rings (SSSR count). The van der Waals surface area contributed by atoms with Crippen LogP contribution >= 0.6 is 0 Å². The first-order valence-electron chi connectivity index (χ1n) is 10.4. The van der Waals surface area contributed by atoms with Gasteiger partial charge >= 0.3 is 0 Å². The molecule has 7 nitrogen and oxygen atoms in total. The zero-order valence-corrected chi connectivity index (χ0v) is 16.5. The lowest BCUT2D eigenvalue weighted by Crippen LogP contribution is -2.29. The first-order chi connectivity index (χ1) is 14.9. The molecule has 1 aliphatic rings. The van der Waals surface area contributed by atoms with Crippen LogP contribution in [0.4, 0.5) is 5.69 Å². The fourth-order valence-electron chi connectivity index (χ4n) is 4.33. The number of aromatic nitrogens is 6. The quantitative estimate of drug-likeness (QED) is 0.468. The van der Waals surface area contributed by atoms with Crippen molar-refractivity contribution in [2.24, 2.45) is 0 Å². The van der Waals surface area contributed by atoms with Crippen LogP contribution < -0.4 is 4.90 Å². The number of benzene rings is 1. The van der Waals surface area contributed by atoms with Crippen LogP contribution in [0.25, 0.3) is 44.7 Å². The Balaban J connectivity index is 1.47. The predicted molar refractivity (Wildman–Crippen MR) is 118 cm³/mol. The topological polar surface area (TPSA) is 86.4 Å². The summed E-state index contributed by atoms with van der Waals surface area (Å²) in [6.45, 7) is 2.15. The molecule has 0 radical (unpaired) electrons. The van der Waals surface area contributed by atoms with Crippen molar-refractivity contribution < 1.29 is 0 Å². The molecule has 1 aliphatic heterocycles. The van der Waals surface area contributed by atoms with E-state index in [9.17, 15) is 0 Å². The summed E-state index contributed by atoms with van der Waals surface area (Å²) in [5.74, 6) is 0.736. The van der Waals surface area contributed by atoms with Crippen molar-refractivity contribution in [2.75, 3.05) is 18.0 Å². The molecule has 0 amide bonds. The van der Waals surface area contributed by atoms with Gasteiger partial charge in [-0.05, 0) is 60.7 Å². The molecular weight excluding hydrogens is 374 g/mol. The van der Waals surface area contributed by atoms with Gasteiger partial charge in [-0.1, -0.05) is 6.07 Å². The third-order valence-corrected chi connectivity index (χ3v) is 5.87. The summed E-state index contributed by atoms with van der Waals surface area (Å²) in [6.07, 6.45) is 9.23. The predicted octanol–water partition coefficient (Wildman–Crippen LogP) is 4.55. The Labute approximate surface area is 173 Å². The second-order valence-electron chi connectivity index (χ2n) is 7.73. The minimum absolute atomic E-state index is 0.731. The maximum absolute atomic E-state index is 4.78. The van der Waals surface area contributed by atoms with Gasteiger partial charge in [0.05, 0.1) is 11.2 Å². The number of H-pyrrole nitrogens is 2. The van der Waals surface area contributed by atoms with Gasteiger partial charge in [-0.2, -0.15) is 5.10 Å². The Bertz CT molecular complexity index is 1330. The van der Waals surface area contributed by atoms with E-state index >= 15 is 0 Å². The van der Waals surface area contributed by atoms with E-state index in [4.69, 9.17) is 4.98 Å². The zero-order valence-electron chi connectivity index (χ0n) is 16.5. The molecule has 0 atom stereocenters. The Morgan fingerprint density at radius 2 is 1.73 bits per heavy atom. The highest BCUT2D eigenvalue weighted by molar-refractivity contribution is 5.96. The van der Waals surface area contributed by atoms with E-state index in [1.165, 1.54) is 24.9 Å². The van der Waals surface area contributed by atoms with E-state index in [2.05, 4.69) is 54.3 Å². The van der Waals surface area contributed by atoms with Crippen LogP contribution in [0.1, 0.15) is 19.3 Å². The van der Waals surface area contributed by atoms with E-state index in [1.807, 2.05) is 30.7 Å². The van der Waals surface area contributed by atoms with Crippen LogP contribution in [-0.4, -0.2) is 43.2 Å². The highest BCUT2D eigenvalue weighted by Crippen LogP contribution is 2.32. The normalized spacial score (nSPS) is 14.6. The van der Waals surface area contributed by atoms with Crippen LogP contribution in [-0.2, 0) is 0 Å². The SMILES string of the molecule is c1cc(-c2ccc3[nH]nc(-c4nc5nccc(N6CCCCC6)c5[nH]4)c3c2)ccn1. The minimum atomic E-state index is 0.731. The maximum Gasteiger partial charge on any atom is 0.180 e. The van der Waals surface area contributed by atoms with Crippen molar-refractivity contribution in [3.05, 3.63) is 55.0 Å². The molecule has 2 N–H and O–H groups in total. The molecule has 1 saturated heterocycles. The second kappa shape index (κ2) is 6.95. The van der Waals surface area contributed by atoms with E-state index in [1.54, 1.807) is 0 Å². The van der Waals surface area contributed by atoms with E-state index in [0.717, 1.165) is 57.8 Å². The molecule has 1 aromatic carbocycles. The van der Waals surface area contributed by atoms with Crippen molar-refractivity contribution >= 4 is 27.8 Å². The van der Waals surface area contributed by atoms with Gasteiger partial charge in [0.1, 0.15) is 11.2 Å². The average molecular weight is 395 g/mol. The number of anilines is 1. The summed E-state index contributed by atoms with van der Waals surface area (Å²) in [5.41, 5.74) is 6.92. The minimum Gasteiger partial charge on any atom is -0.370 e. The van der Waals surface area contributed by atoms with E-state index in [0.29, 0.717) is 0 Å². The molecule has 0 unspecified atom stereocenters. The average Bonchev–Trinajstić information content (AvgIpc) is 3.43. The van der Waals surface area contributed by atoms with Crippen molar-refractivity contribution in [1.29, 1.82) is 0 Å². The van der Waals surface area contributed by atoms with Crippen molar-refractivity contribution in [2.45, 2.75) is 19.3 Å². The molecule has 148 valence electrons. The van der Waals surface area contributed by atoms with Crippen LogP contribution in [0.5, 0.6) is 0 Å². The number of pyridine rings is 2.